The minimum atomic E-state index is 0.539. The van der Waals surface area contributed by atoms with E-state index in [-0.39, 0.29) is 0 Å². The van der Waals surface area contributed by atoms with Crippen LogP contribution < -0.4 is 5.32 Å². The molecule has 0 spiro atoms. The van der Waals surface area contributed by atoms with Gasteiger partial charge in [0.2, 0.25) is 0 Å². The molecule has 0 bridgehead atoms. The lowest BCUT2D eigenvalue weighted by atomic mass is 10.2. The Morgan fingerprint density at radius 3 is 2.44 bits per heavy atom. The Hall–Kier alpha value is -0.110. The second-order valence-electron chi connectivity index (χ2n) is 2.23. The van der Waals surface area contributed by atoms with Crippen molar-refractivity contribution >= 4 is 17.2 Å². The van der Waals surface area contributed by atoms with Gasteiger partial charge in [0, 0.05) is 6.04 Å². The third-order valence-electron chi connectivity index (χ3n) is 1.34. The SMILES string of the molecule is CCC(=S)NC(C)CC. The molecule has 0 fully saturated rings. The Balaban J connectivity index is 3.34. The molecule has 1 unspecified atom stereocenters. The summed E-state index contributed by atoms with van der Waals surface area (Å²) < 4.78 is 0. The third kappa shape index (κ3) is 4.40. The third-order valence-corrected chi connectivity index (χ3v) is 1.75. The van der Waals surface area contributed by atoms with Gasteiger partial charge in [-0.25, -0.2) is 0 Å². The van der Waals surface area contributed by atoms with Gasteiger partial charge in [0.15, 0.2) is 0 Å². The molecular formula is C7H15NS. The number of hydrogen-bond acceptors (Lipinski definition) is 1. The maximum absolute atomic E-state index is 4.99. The first-order valence-corrected chi connectivity index (χ1v) is 3.90. The van der Waals surface area contributed by atoms with E-state index in [0.29, 0.717) is 6.04 Å². The summed E-state index contributed by atoms with van der Waals surface area (Å²) in [5, 5.41) is 3.21. The van der Waals surface area contributed by atoms with Crippen LogP contribution in [0.5, 0.6) is 0 Å². The van der Waals surface area contributed by atoms with Gasteiger partial charge in [-0.15, -0.1) is 0 Å². The van der Waals surface area contributed by atoms with E-state index < -0.39 is 0 Å². The van der Waals surface area contributed by atoms with Gasteiger partial charge < -0.3 is 5.32 Å². The Bertz CT molecular complexity index is 90.9. The highest BCUT2D eigenvalue weighted by atomic mass is 32.1. The fraction of sp³-hybridized carbons (Fsp3) is 0.857. The molecule has 0 rings (SSSR count). The molecule has 0 radical (unpaired) electrons. The standard InChI is InChI=1S/C7H15NS/c1-4-6(3)8-7(9)5-2/h6H,4-5H2,1-3H3,(H,8,9). The average Bonchev–Trinajstić information content (AvgIpc) is 1.87. The maximum Gasteiger partial charge on any atom is 0.0752 e. The second kappa shape index (κ2) is 4.74. The molecule has 1 atom stereocenters. The van der Waals surface area contributed by atoms with E-state index in [1.54, 1.807) is 0 Å². The molecule has 0 saturated heterocycles. The zero-order chi connectivity index (χ0) is 7.28. The molecule has 9 heavy (non-hydrogen) atoms. The largest absolute Gasteiger partial charge is 0.377 e. The summed E-state index contributed by atoms with van der Waals surface area (Å²) in [6.45, 7) is 6.36. The lowest BCUT2D eigenvalue weighted by Crippen LogP contribution is -2.29. The Morgan fingerprint density at radius 2 is 2.11 bits per heavy atom. The normalized spacial score (nSPS) is 12.8. The molecule has 1 nitrogen and oxygen atoms in total. The molecule has 54 valence electrons. The molecule has 0 aromatic rings. The molecule has 0 amide bonds. The molecular weight excluding hydrogens is 130 g/mol. The lowest BCUT2D eigenvalue weighted by Gasteiger charge is -2.11. The quantitative estimate of drug-likeness (QED) is 0.610. The fourth-order valence-corrected chi connectivity index (χ4v) is 0.680. The second-order valence-corrected chi connectivity index (χ2v) is 2.72. The minimum Gasteiger partial charge on any atom is -0.377 e. The molecule has 0 heterocycles. The van der Waals surface area contributed by atoms with E-state index in [9.17, 15) is 0 Å². The summed E-state index contributed by atoms with van der Waals surface area (Å²) in [6, 6.07) is 0.539. The van der Waals surface area contributed by atoms with Crippen LogP contribution >= 0.6 is 12.2 Å². The topological polar surface area (TPSA) is 12.0 Å². The van der Waals surface area contributed by atoms with Gasteiger partial charge in [-0.2, -0.15) is 0 Å². The Morgan fingerprint density at radius 1 is 1.56 bits per heavy atom. The highest BCUT2D eigenvalue weighted by molar-refractivity contribution is 7.80. The summed E-state index contributed by atoms with van der Waals surface area (Å²) in [7, 11) is 0. The van der Waals surface area contributed by atoms with Crippen LogP contribution in [0, 0.1) is 0 Å². The van der Waals surface area contributed by atoms with Crippen LogP contribution in [-0.4, -0.2) is 11.0 Å². The first kappa shape index (κ1) is 8.89. The van der Waals surface area contributed by atoms with Gasteiger partial charge in [0.25, 0.3) is 0 Å². The van der Waals surface area contributed by atoms with Crippen molar-refractivity contribution in [2.24, 2.45) is 0 Å². The molecule has 0 saturated carbocycles. The smallest absolute Gasteiger partial charge is 0.0752 e. The monoisotopic (exact) mass is 145 g/mol. The van der Waals surface area contributed by atoms with Crippen LogP contribution in [0.3, 0.4) is 0 Å². The molecule has 0 aromatic carbocycles. The van der Waals surface area contributed by atoms with Gasteiger partial charge in [-0.1, -0.05) is 26.1 Å². The van der Waals surface area contributed by atoms with Crippen molar-refractivity contribution in [2.75, 3.05) is 0 Å². The zero-order valence-electron chi connectivity index (χ0n) is 6.40. The van der Waals surface area contributed by atoms with Crippen LogP contribution in [0.2, 0.25) is 0 Å². The van der Waals surface area contributed by atoms with Gasteiger partial charge >= 0.3 is 0 Å². The van der Waals surface area contributed by atoms with Gasteiger partial charge in [0.05, 0.1) is 4.99 Å². The van der Waals surface area contributed by atoms with Crippen LogP contribution in [0.4, 0.5) is 0 Å². The molecule has 0 aromatic heterocycles. The summed E-state index contributed by atoms with van der Waals surface area (Å²) in [5.41, 5.74) is 0. The highest BCUT2D eigenvalue weighted by Crippen LogP contribution is 1.89. The Labute approximate surface area is 62.8 Å². The summed E-state index contributed by atoms with van der Waals surface area (Å²) in [5.74, 6) is 0. The number of thiocarbonyl (C=S) groups is 1. The number of nitrogens with one attached hydrogen (secondary N) is 1. The molecule has 0 aliphatic rings. The molecule has 1 N–H and O–H groups in total. The van der Waals surface area contributed by atoms with E-state index in [2.05, 4.69) is 26.1 Å². The summed E-state index contributed by atoms with van der Waals surface area (Å²) in [6.07, 6.45) is 2.10. The molecule has 0 aliphatic heterocycles. The van der Waals surface area contributed by atoms with Crippen molar-refractivity contribution in [3.05, 3.63) is 0 Å². The highest BCUT2D eigenvalue weighted by Gasteiger charge is 1.97. The van der Waals surface area contributed by atoms with E-state index >= 15 is 0 Å². The number of rotatable bonds is 3. The van der Waals surface area contributed by atoms with E-state index in [0.717, 1.165) is 17.8 Å². The van der Waals surface area contributed by atoms with Crippen molar-refractivity contribution in [2.45, 2.75) is 39.7 Å². The van der Waals surface area contributed by atoms with Crippen LogP contribution in [-0.2, 0) is 0 Å². The van der Waals surface area contributed by atoms with Gasteiger partial charge in [-0.3, -0.25) is 0 Å². The van der Waals surface area contributed by atoms with E-state index in [4.69, 9.17) is 12.2 Å². The summed E-state index contributed by atoms with van der Waals surface area (Å²) >= 11 is 4.99. The fourth-order valence-electron chi connectivity index (χ4n) is 0.479. The number of hydrogen-bond donors (Lipinski definition) is 1. The van der Waals surface area contributed by atoms with Crippen LogP contribution in [0.25, 0.3) is 0 Å². The molecule has 0 aliphatic carbocycles. The predicted molar refractivity (Wildman–Crippen MR) is 45.8 cm³/mol. The van der Waals surface area contributed by atoms with Crippen LogP contribution in [0.1, 0.15) is 33.6 Å². The predicted octanol–water partition coefficient (Wildman–Crippen LogP) is 2.11. The van der Waals surface area contributed by atoms with Crippen molar-refractivity contribution in [1.82, 2.24) is 5.32 Å². The minimum absolute atomic E-state index is 0.539. The van der Waals surface area contributed by atoms with Crippen molar-refractivity contribution in [1.29, 1.82) is 0 Å². The molecule has 2 heteroatoms. The van der Waals surface area contributed by atoms with Crippen LogP contribution in [0.15, 0.2) is 0 Å². The van der Waals surface area contributed by atoms with Crippen molar-refractivity contribution in [3.8, 4) is 0 Å². The first-order valence-electron chi connectivity index (χ1n) is 3.50. The van der Waals surface area contributed by atoms with Gasteiger partial charge in [-0.05, 0) is 19.8 Å². The first-order chi connectivity index (χ1) is 4.20. The van der Waals surface area contributed by atoms with Crippen molar-refractivity contribution < 1.29 is 0 Å². The zero-order valence-corrected chi connectivity index (χ0v) is 7.22. The van der Waals surface area contributed by atoms with E-state index in [1.165, 1.54) is 0 Å². The Kier molecular flexibility index (Phi) is 4.68. The summed E-state index contributed by atoms with van der Waals surface area (Å²) in [4.78, 5) is 0.976. The lowest BCUT2D eigenvalue weighted by molar-refractivity contribution is 0.641. The van der Waals surface area contributed by atoms with Gasteiger partial charge in [0.1, 0.15) is 0 Å². The maximum atomic E-state index is 4.99. The van der Waals surface area contributed by atoms with Crippen molar-refractivity contribution in [3.63, 3.8) is 0 Å². The average molecular weight is 145 g/mol. The van der Waals surface area contributed by atoms with E-state index in [1.807, 2.05) is 0 Å².